The largest absolute Gasteiger partial charge is 0.450 e. The Balaban J connectivity index is 2.47. The Morgan fingerprint density at radius 1 is 1.86 bits per heavy atom. The number of rotatable bonds is 0. The van der Waals surface area contributed by atoms with Crippen molar-refractivity contribution < 1.29 is 4.74 Å². The van der Waals surface area contributed by atoms with Crippen LogP contribution < -0.4 is 0 Å². The zero-order valence-electron chi connectivity index (χ0n) is 3.68. The lowest BCUT2D eigenvalue weighted by molar-refractivity contribution is 0.464. The molecule has 1 heterocycles. The Morgan fingerprint density at radius 2 is 2.71 bits per heavy atom. The van der Waals surface area contributed by atoms with Gasteiger partial charge in [-0.2, -0.15) is 0 Å². The van der Waals surface area contributed by atoms with Gasteiger partial charge in [0.15, 0.2) is 5.90 Å². The molecule has 3 heteroatoms. The fraction of sp³-hybridized carbons (Fsp3) is 0.250. The second-order valence-electron chi connectivity index (χ2n) is 1.12. The topological polar surface area (TPSA) is 33.1 Å². The van der Waals surface area contributed by atoms with Crippen LogP contribution in [0, 0.1) is 5.41 Å². The van der Waals surface area contributed by atoms with Crippen molar-refractivity contribution in [3.63, 3.8) is 0 Å². The molecule has 0 spiro atoms. The molecule has 0 amide bonds. The van der Waals surface area contributed by atoms with E-state index in [0.717, 1.165) is 0 Å². The normalized spacial score (nSPS) is 19.1. The monoisotopic (exact) mass is 115 g/mol. The molecule has 0 fully saturated rings. The molecule has 0 atom stereocenters. The van der Waals surface area contributed by atoms with Gasteiger partial charge in [-0.25, -0.2) is 0 Å². The van der Waals surface area contributed by atoms with Gasteiger partial charge in [0.05, 0.1) is 12.0 Å². The van der Waals surface area contributed by atoms with E-state index in [0.29, 0.717) is 11.7 Å². The van der Waals surface area contributed by atoms with Crippen molar-refractivity contribution in [2.24, 2.45) is 0 Å². The summed E-state index contributed by atoms with van der Waals surface area (Å²) >= 11 is 1.57. The predicted molar refractivity (Wildman–Crippen MR) is 30.4 cm³/mol. The van der Waals surface area contributed by atoms with Crippen molar-refractivity contribution in [1.29, 1.82) is 5.41 Å². The first-order valence-electron chi connectivity index (χ1n) is 1.90. The van der Waals surface area contributed by atoms with Crippen LogP contribution in [0.1, 0.15) is 0 Å². The molecule has 0 saturated carbocycles. The van der Waals surface area contributed by atoms with Gasteiger partial charge >= 0.3 is 0 Å². The van der Waals surface area contributed by atoms with E-state index in [1.165, 1.54) is 6.26 Å². The molecule has 0 aromatic rings. The molecule has 0 aromatic carbocycles. The lowest BCUT2D eigenvalue weighted by Gasteiger charge is -2.03. The molecule has 7 heavy (non-hydrogen) atoms. The van der Waals surface area contributed by atoms with Crippen molar-refractivity contribution in [3.8, 4) is 0 Å². The molecule has 1 aliphatic heterocycles. The summed E-state index contributed by atoms with van der Waals surface area (Å²) in [5.41, 5.74) is 0. The minimum Gasteiger partial charge on any atom is -0.450 e. The van der Waals surface area contributed by atoms with Crippen LogP contribution in [0.15, 0.2) is 11.7 Å². The van der Waals surface area contributed by atoms with Gasteiger partial charge in [-0.15, -0.1) is 11.8 Å². The summed E-state index contributed by atoms with van der Waals surface area (Å²) in [5.74, 6) is 1.02. The van der Waals surface area contributed by atoms with Gasteiger partial charge in [0.2, 0.25) is 0 Å². The minimum absolute atomic E-state index is 0.340. The molecule has 2 nitrogen and oxygen atoms in total. The molecule has 0 aromatic heterocycles. The maximum Gasteiger partial charge on any atom is 0.196 e. The van der Waals surface area contributed by atoms with E-state index in [4.69, 9.17) is 5.41 Å². The second kappa shape index (κ2) is 2.02. The van der Waals surface area contributed by atoms with Crippen molar-refractivity contribution in [2.75, 3.05) is 5.75 Å². The molecule has 0 saturated heterocycles. The average Bonchev–Trinajstić information content (AvgIpc) is 1.69. The van der Waals surface area contributed by atoms with E-state index < -0.39 is 0 Å². The molecule has 1 N–H and O–H groups in total. The van der Waals surface area contributed by atoms with E-state index in [2.05, 4.69) is 4.74 Å². The summed E-state index contributed by atoms with van der Waals surface area (Å²) in [7, 11) is 0. The van der Waals surface area contributed by atoms with Crippen LogP contribution in [0.2, 0.25) is 0 Å². The van der Waals surface area contributed by atoms with Gasteiger partial charge in [0, 0.05) is 5.41 Å². The number of thioether (sulfide) groups is 1. The van der Waals surface area contributed by atoms with Crippen molar-refractivity contribution >= 4 is 17.7 Å². The van der Waals surface area contributed by atoms with Gasteiger partial charge < -0.3 is 4.74 Å². The van der Waals surface area contributed by atoms with E-state index in [9.17, 15) is 0 Å². The summed E-state index contributed by atoms with van der Waals surface area (Å²) in [4.78, 5) is 0. The molecule has 0 unspecified atom stereocenters. The predicted octanol–water partition coefficient (Wildman–Crippen LogP) is 1.20. The zero-order valence-corrected chi connectivity index (χ0v) is 4.49. The van der Waals surface area contributed by atoms with Gasteiger partial charge in [-0.05, 0) is 0 Å². The highest BCUT2D eigenvalue weighted by Crippen LogP contribution is 2.07. The third kappa shape index (κ3) is 1.23. The van der Waals surface area contributed by atoms with Gasteiger partial charge in [0.1, 0.15) is 0 Å². The van der Waals surface area contributed by atoms with Crippen LogP contribution in [0.25, 0.3) is 0 Å². The third-order valence-electron chi connectivity index (χ3n) is 0.577. The Morgan fingerprint density at radius 3 is 3.00 bits per heavy atom. The van der Waals surface area contributed by atoms with E-state index >= 15 is 0 Å². The van der Waals surface area contributed by atoms with Gasteiger partial charge in [-0.1, -0.05) is 0 Å². The van der Waals surface area contributed by atoms with Crippen molar-refractivity contribution in [2.45, 2.75) is 0 Å². The van der Waals surface area contributed by atoms with E-state index in [-0.39, 0.29) is 0 Å². The standard InChI is InChI=1S/C4H5NOS/c5-4-3-7-2-1-6-4/h1-2,5H,3H2. The van der Waals surface area contributed by atoms with E-state index in [1.54, 1.807) is 11.8 Å². The van der Waals surface area contributed by atoms with Crippen LogP contribution in [0.4, 0.5) is 0 Å². The van der Waals surface area contributed by atoms with Crippen LogP contribution in [0.5, 0.6) is 0 Å². The highest BCUT2D eigenvalue weighted by molar-refractivity contribution is 8.02. The Bertz CT molecular complexity index is 110. The molecule has 38 valence electrons. The summed E-state index contributed by atoms with van der Waals surface area (Å²) in [6.07, 6.45) is 1.52. The summed E-state index contributed by atoms with van der Waals surface area (Å²) in [5, 5.41) is 8.73. The van der Waals surface area contributed by atoms with Crippen LogP contribution >= 0.6 is 11.8 Å². The molecular formula is C4H5NOS. The zero-order chi connectivity index (χ0) is 5.11. The molecule has 0 aliphatic carbocycles. The fourth-order valence-electron chi connectivity index (χ4n) is 0.307. The van der Waals surface area contributed by atoms with Crippen LogP contribution in [-0.2, 0) is 4.74 Å². The summed E-state index contributed by atoms with van der Waals surface area (Å²) in [6, 6.07) is 0. The first-order valence-corrected chi connectivity index (χ1v) is 2.95. The summed E-state index contributed by atoms with van der Waals surface area (Å²) < 4.78 is 4.66. The van der Waals surface area contributed by atoms with Crippen molar-refractivity contribution in [1.82, 2.24) is 0 Å². The van der Waals surface area contributed by atoms with Gasteiger partial charge in [-0.3, -0.25) is 5.41 Å². The average molecular weight is 115 g/mol. The Hall–Kier alpha value is -0.440. The smallest absolute Gasteiger partial charge is 0.196 e. The lowest BCUT2D eigenvalue weighted by atomic mass is 10.8. The number of ether oxygens (including phenoxy) is 1. The molecule has 0 bridgehead atoms. The number of hydrogen-bond acceptors (Lipinski definition) is 3. The maximum atomic E-state index is 6.89. The molecule has 0 radical (unpaired) electrons. The van der Waals surface area contributed by atoms with Crippen molar-refractivity contribution in [3.05, 3.63) is 11.7 Å². The summed E-state index contributed by atoms with van der Waals surface area (Å²) in [6.45, 7) is 0. The third-order valence-corrected chi connectivity index (χ3v) is 1.31. The SMILES string of the molecule is N=C1CSC=CO1. The van der Waals surface area contributed by atoms with Crippen LogP contribution in [-0.4, -0.2) is 11.7 Å². The number of hydrogen-bond donors (Lipinski definition) is 1. The highest BCUT2D eigenvalue weighted by Gasteiger charge is 1.97. The van der Waals surface area contributed by atoms with Gasteiger partial charge in [0.25, 0.3) is 0 Å². The minimum atomic E-state index is 0.340. The highest BCUT2D eigenvalue weighted by atomic mass is 32.2. The molecule has 1 aliphatic rings. The number of nitrogens with one attached hydrogen (secondary N) is 1. The Labute approximate surface area is 46.1 Å². The fourth-order valence-corrected chi connectivity index (χ4v) is 0.757. The Kier molecular flexibility index (Phi) is 1.36. The first kappa shape index (κ1) is 4.71. The lowest BCUT2D eigenvalue weighted by Crippen LogP contribution is -2.03. The molecular weight excluding hydrogens is 110 g/mol. The van der Waals surface area contributed by atoms with Crippen LogP contribution in [0.3, 0.4) is 0 Å². The molecule has 1 rings (SSSR count). The first-order chi connectivity index (χ1) is 3.39. The van der Waals surface area contributed by atoms with E-state index in [1.807, 2.05) is 5.41 Å². The quantitative estimate of drug-likeness (QED) is 0.514. The maximum absolute atomic E-state index is 6.89. The second-order valence-corrected chi connectivity index (χ2v) is 2.02.